The lowest BCUT2D eigenvalue weighted by Gasteiger charge is -2.13. The Morgan fingerprint density at radius 2 is 1.95 bits per heavy atom. The molecule has 1 aliphatic heterocycles. The van der Waals surface area contributed by atoms with Gasteiger partial charge in [-0.2, -0.15) is 0 Å². The van der Waals surface area contributed by atoms with E-state index in [1.165, 1.54) is 24.2 Å². The van der Waals surface area contributed by atoms with E-state index in [0.717, 1.165) is 12.8 Å². The maximum absolute atomic E-state index is 11.7. The molecule has 0 aromatic carbocycles. The molecule has 1 rings (SSSR count). The first-order valence-corrected chi connectivity index (χ1v) is 7.67. The molecule has 20 heavy (non-hydrogen) atoms. The molecule has 114 valence electrons. The van der Waals surface area contributed by atoms with E-state index in [9.17, 15) is 14.4 Å². The number of amides is 3. The minimum absolute atomic E-state index is 0.0827. The average Bonchev–Trinajstić information content (AvgIpc) is 2.65. The predicted octanol–water partition coefficient (Wildman–Crippen LogP) is 1.86. The van der Waals surface area contributed by atoms with Gasteiger partial charge in [-0.15, -0.1) is 0 Å². The average molecular weight is 282 g/mol. The molecule has 0 aromatic rings. The molecule has 0 unspecified atom stereocenters. The summed E-state index contributed by atoms with van der Waals surface area (Å²) in [5, 5.41) is 2.84. The fraction of sp³-hybridized carbons (Fsp3) is 0.800. The third kappa shape index (κ3) is 5.31. The number of unbranched alkanes of at least 4 members (excludes halogenated alkanes) is 4. The first-order valence-electron chi connectivity index (χ1n) is 7.67. The first kappa shape index (κ1) is 16.7. The molecular weight excluding hydrogens is 256 g/mol. The Kier molecular flexibility index (Phi) is 7.26. The van der Waals surface area contributed by atoms with Gasteiger partial charge in [-0.25, -0.2) is 0 Å². The lowest BCUT2D eigenvalue weighted by Crippen LogP contribution is -2.35. The van der Waals surface area contributed by atoms with Crippen LogP contribution in [0.1, 0.15) is 58.8 Å². The molecule has 1 atom stereocenters. The number of likely N-dealkylation sites (tertiary alicyclic amines) is 1. The number of hydrogen-bond acceptors (Lipinski definition) is 3. The summed E-state index contributed by atoms with van der Waals surface area (Å²) < 4.78 is 0. The van der Waals surface area contributed by atoms with Crippen LogP contribution in [0.5, 0.6) is 0 Å². The number of hydrogen-bond donors (Lipinski definition) is 1. The molecule has 3 amide bonds. The molecule has 1 fully saturated rings. The fourth-order valence-corrected chi connectivity index (χ4v) is 2.34. The minimum Gasteiger partial charge on any atom is -0.356 e. The molecule has 0 radical (unpaired) electrons. The zero-order valence-electron chi connectivity index (χ0n) is 12.6. The molecule has 0 spiro atoms. The number of imide groups is 1. The van der Waals surface area contributed by atoms with Crippen LogP contribution in [0.15, 0.2) is 0 Å². The van der Waals surface area contributed by atoms with Gasteiger partial charge < -0.3 is 5.32 Å². The Labute approximate surface area is 121 Å². The number of nitrogens with one attached hydrogen (secondary N) is 1. The van der Waals surface area contributed by atoms with Crippen molar-refractivity contribution < 1.29 is 14.4 Å². The van der Waals surface area contributed by atoms with Crippen molar-refractivity contribution in [2.45, 2.75) is 58.8 Å². The molecule has 0 saturated carbocycles. The van der Waals surface area contributed by atoms with Gasteiger partial charge in [0.15, 0.2) is 0 Å². The van der Waals surface area contributed by atoms with Crippen molar-refractivity contribution in [3.8, 4) is 0 Å². The van der Waals surface area contributed by atoms with Crippen molar-refractivity contribution in [1.82, 2.24) is 10.2 Å². The second kappa shape index (κ2) is 8.72. The summed E-state index contributed by atoms with van der Waals surface area (Å²) in [6.07, 6.45) is 6.27. The molecule has 5 nitrogen and oxygen atoms in total. The lowest BCUT2D eigenvalue weighted by molar-refractivity contribution is -0.139. The van der Waals surface area contributed by atoms with Crippen LogP contribution < -0.4 is 5.32 Å². The van der Waals surface area contributed by atoms with Crippen LogP contribution in [0, 0.1) is 5.92 Å². The zero-order chi connectivity index (χ0) is 15.0. The summed E-state index contributed by atoms with van der Waals surface area (Å²) in [6.45, 7) is 4.81. The van der Waals surface area contributed by atoms with Crippen molar-refractivity contribution in [1.29, 1.82) is 0 Å². The van der Waals surface area contributed by atoms with Gasteiger partial charge in [-0.1, -0.05) is 39.5 Å². The second-order valence-electron chi connectivity index (χ2n) is 5.50. The summed E-state index contributed by atoms with van der Waals surface area (Å²) in [5.74, 6) is -0.623. The van der Waals surface area contributed by atoms with Crippen LogP contribution in [-0.4, -0.2) is 35.7 Å². The standard InChI is InChI=1S/C15H26N2O3/c1-3-4-5-6-7-9-16-13(18)8-10-17-14(19)11-12(2)15(17)20/h12H,3-11H2,1-2H3,(H,16,18)/t12-/m0/s1. The van der Waals surface area contributed by atoms with Gasteiger partial charge in [0, 0.05) is 31.8 Å². The third-order valence-corrected chi connectivity index (χ3v) is 3.63. The van der Waals surface area contributed by atoms with Crippen LogP contribution in [0.4, 0.5) is 0 Å². The number of carbonyl (C=O) groups is 3. The maximum Gasteiger partial charge on any atom is 0.232 e. The molecule has 1 N–H and O–H groups in total. The highest BCUT2D eigenvalue weighted by atomic mass is 16.2. The summed E-state index contributed by atoms with van der Waals surface area (Å²) in [4.78, 5) is 36.0. The lowest BCUT2D eigenvalue weighted by atomic mass is 10.1. The molecule has 0 aliphatic carbocycles. The fourth-order valence-electron chi connectivity index (χ4n) is 2.34. The van der Waals surface area contributed by atoms with Crippen LogP contribution in [-0.2, 0) is 14.4 Å². The molecule has 1 heterocycles. The molecular formula is C15H26N2O3. The number of carbonyl (C=O) groups excluding carboxylic acids is 3. The van der Waals surface area contributed by atoms with Gasteiger partial charge in [-0.3, -0.25) is 19.3 Å². The van der Waals surface area contributed by atoms with E-state index >= 15 is 0 Å². The van der Waals surface area contributed by atoms with Gasteiger partial charge in [0.1, 0.15) is 0 Å². The highest BCUT2D eigenvalue weighted by Crippen LogP contribution is 2.18. The SMILES string of the molecule is CCCCCCCNC(=O)CCN1C(=O)C[C@H](C)C1=O. The molecule has 5 heteroatoms. The van der Waals surface area contributed by atoms with Gasteiger partial charge in [0.2, 0.25) is 17.7 Å². The minimum atomic E-state index is -0.232. The van der Waals surface area contributed by atoms with Crippen LogP contribution in [0.3, 0.4) is 0 Å². The molecule has 1 saturated heterocycles. The van der Waals surface area contributed by atoms with E-state index < -0.39 is 0 Å². The highest BCUT2D eigenvalue weighted by Gasteiger charge is 2.35. The molecule has 0 bridgehead atoms. The Hall–Kier alpha value is -1.39. The molecule has 1 aliphatic rings. The summed E-state index contributed by atoms with van der Waals surface area (Å²) in [5.41, 5.74) is 0. The second-order valence-corrected chi connectivity index (χ2v) is 5.50. The van der Waals surface area contributed by atoms with E-state index in [0.29, 0.717) is 6.54 Å². The van der Waals surface area contributed by atoms with Crippen molar-refractivity contribution in [2.24, 2.45) is 5.92 Å². The van der Waals surface area contributed by atoms with Gasteiger partial charge in [0.05, 0.1) is 0 Å². The highest BCUT2D eigenvalue weighted by molar-refractivity contribution is 6.03. The van der Waals surface area contributed by atoms with E-state index in [1.54, 1.807) is 6.92 Å². The summed E-state index contributed by atoms with van der Waals surface area (Å²) in [6, 6.07) is 0. The van der Waals surface area contributed by atoms with Crippen molar-refractivity contribution in [3.05, 3.63) is 0 Å². The van der Waals surface area contributed by atoms with Gasteiger partial charge >= 0.3 is 0 Å². The Bertz CT molecular complexity index is 355. The van der Waals surface area contributed by atoms with Gasteiger partial charge in [0.25, 0.3) is 0 Å². The van der Waals surface area contributed by atoms with E-state index in [1.807, 2.05) is 0 Å². The largest absolute Gasteiger partial charge is 0.356 e. The van der Waals surface area contributed by atoms with Crippen molar-refractivity contribution in [3.63, 3.8) is 0 Å². The summed E-state index contributed by atoms with van der Waals surface area (Å²) in [7, 11) is 0. The van der Waals surface area contributed by atoms with Crippen molar-refractivity contribution in [2.75, 3.05) is 13.1 Å². The van der Waals surface area contributed by atoms with E-state index in [4.69, 9.17) is 0 Å². The Morgan fingerprint density at radius 1 is 1.25 bits per heavy atom. The maximum atomic E-state index is 11.7. The molecule has 0 aromatic heterocycles. The Balaban J connectivity index is 2.11. The quantitative estimate of drug-likeness (QED) is 0.518. The normalized spacial score (nSPS) is 18.7. The van der Waals surface area contributed by atoms with Crippen LogP contribution >= 0.6 is 0 Å². The van der Waals surface area contributed by atoms with E-state index in [-0.39, 0.29) is 43.0 Å². The zero-order valence-corrected chi connectivity index (χ0v) is 12.6. The van der Waals surface area contributed by atoms with Crippen LogP contribution in [0.2, 0.25) is 0 Å². The predicted molar refractivity (Wildman–Crippen MR) is 76.9 cm³/mol. The summed E-state index contributed by atoms with van der Waals surface area (Å²) >= 11 is 0. The smallest absolute Gasteiger partial charge is 0.232 e. The van der Waals surface area contributed by atoms with Crippen molar-refractivity contribution >= 4 is 17.7 Å². The van der Waals surface area contributed by atoms with Crippen LogP contribution in [0.25, 0.3) is 0 Å². The third-order valence-electron chi connectivity index (χ3n) is 3.63. The van der Waals surface area contributed by atoms with Gasteiger partial charge in [-0.05, 0) is 6.42 Å². The van der Waals surface area contributed by atoms with E-state index in [2.05, 4.69) is 12.2 Å². The Morgan fingerprint density at radius 3 is 2.55 bits per heavy atom. The topological polar surface area (TPSA) is 66.5 Å². The number of rotatable bonds is 9. The number of nitrogens with zero attached hydrogens (tertiary/aromatic N) is 1. The first-order chi connectivity index (χ1) is 9.56. The monoisotopic (exact) mass is 282 g/mol.